The van der Waals surface area contributed by atoms with E-state index < -0.39 is 0 Å². The van der Waals surface area contributed by atoms with Crippen LogP contribution in [-0.2, 0) is 19.9 Å². The van der Waals surface area contributed by atoms with Crippen LogP contribution >= 0.6 is 0 Å². The maximum absolute atomic E-state index is 4.39. The summed E-state index contributed by atoms with van der Waals surface area (Å²) in [7, 11) is 4.10. The molecule has 0 fully saturated rings. The van der Waals surface area contributed by atoms with Crippen LogP contribution < -0.4 is 5.32 Å². The first kappa shape index (κ1) is 14.8. The molecule has 0 aliphatic rings. The summed E-state index contributed by atoms with van der Waals surface area (Å²) in [5.74, 6) is 1.16. The molecule has 108 valence electrons. The topological polar surface area (TPSA) is 29.9 Å². The van der Waals surface area contributed by atoms with Gasteiger partial charge in [0.15, 0.2) is 0 Å². The van der Waals surface area contributed by atoms with Gasteiger partial charge in [0, 0.05) is 31.9 Å². The molecule has 0 bridgehead atoms. The lowest BCUT2D eigenvalue weighted by Crippen LogP contribution is -2.28. The monoisotopic (exact) mass is 271 g/mol. The van der Waals surface area contributed by atoms with E-state index in [-0.39, 0.29) is 0 Å². The van der Waals surface area contributed by atoms with Crippen molar-refractivity contribution in [1.82, 2.24) is 14.9 Å². The molecule has 0 saturated carbocycles. The van der Waals surface area contributed by atoms with Crippen LogP contribution in [0.25, 0.3) is 0 Å². The van der Waals surface area contributed by atoms with Gasteiger partial charge >= 0.3 is 0 Å². The van der Waals surface area contributed by atoms with Crippen molar-refractivity contribution in [2.75, 3.05) is 7.05 Å². The Morgan fingerprint density at radius 1 is 1.25 bits per heavy atom. The second kappa shape index (κ2) is 6.71. The van der Waals surface area contributed by atoms with Crippen molar-refractivity contribution < 1.29 is 0 Å². The Balaban J connectivity index is 1.95. The van der Waals surface area contributed by atoms with Crippen molar-refractivity contribution >= 4 is 0 Å². The summed E-state index contributed by atoms with van der Waals surface area (Å²) in [5, 5.41) is 3.43. The van der Waals surface area contributed by atoms with Crippen LogP contribution in [0, 0.1) is 13.8 Å². The smallest absolute Gasteiger partial charge is 0.108 e. The number of hydrogen-bond donors (Lipinski definition) is 1. The molecular weight excluding hydrogens is 246 g/mol. The van der Waals surface area contributed by atoms with E-state index >= 15 is 0 Å². The third-order valence-electron chi connectivity index (χ3n) is 4.10. The molecule has 1 aromatic carbocycles. The molecule has 3 heteroatoms. The van der Waals surface area contributed by atoms with E-state index in [1.807, 2.05) is 19.4 Å². The fraction of sp³-hybridized carbons (Fsp3) is 0.471. The van der Waals surface area contributed by atoms with Gasteiger partial charge in [0.1, 0.15) is 5.82 Å². The van der Waals surface area contributed by atoms with Gasteiger partial charge in [0.2, 0.25) is 0 Å². The minimum absolute atomic E-state index is 0.494. The summed E-state index contributed by atoms with van der Waals surface area (Å²) in [6, 6.07) is 7.26. The van der Waals surface area contributed by atoms with Crippen LogP contribution in [0.4, 0.5) is 0 Å². The molecule has 1 unspecified atom stereocenters. The molecule has 0 radical (unpaired) electrons. The van der Waals surface area contributed by atoms with Crippen LogP contribution in [0.1, 0.15) is 28.9 Å². The zero-order chi connectivity index (χ0) is 14.5. The normalized spacial score (nSPS) is 12.6. The fourth-order valence-electron chi connectivity index (χ4n) is 2.50. The van der Waals surface area contributed by atoms with Crippen LogP contribution in [0.3, 0.4) is 0 Å². The largest absolute Gasteiger partial charge is 0.338 e. The predicted molar refractivity (Wildman–Crippen MR) is 84.0 cm³/mol. The van der Waals surface area contributed by atoms with Crippen LogP contribution in [0.15, 0.2) is 30.6 Å². The molecule has 0 amide bonds. The lowest BCUT2D eigenvalue weighted by Gasteiger charge is -2.17. The van der Waals surface area contributed by atoms with Crippen molar-refractivity contribution in [2.45, 2.75) is 39.2 Å². The molecule has 1 heterocycles. The second-order valence-corrected chi connectivity index (χ2v) is 5.60. The van der Waals surface area contributed by atoms with Gasteiger partial charge in [-0.15, -0.1) is 0 Å². The summed E-state index contributed by atoms with van der Waals surface area (Å²) < 4.78 is 2.10. The van der Waals surface area contributed by atoms with E-state index in [0.29, 0.717) is 6.04 Å². The lowest BCUT2D eigenvalue weighted by atomic mass is 9.98. The predicted octanol–water partition coefficient (Wildman–Crippen LogP) is 2.80. The van der Waals surface area contributed by atoms with Gasteiger partial charge < -0.3 is 9.88 Å². The average molecular weight is 271 g/mol. The summed E-state index contributed by atoms with van der Waals surface area (Å²) in [6.45, 7) is 4.34. The second-order valence-electron chi connectivity index (χ2n) is 5.60. The van der Waals surface area contributed by atoms with Crippen LogP contribution in [0.2, 0.25) is 0 Å². The Morgan fingerprint density at radius 2 is 2.05 bits per heavy atom. The van der Waals surface area contributed by atoms with Crippen molar-refractivity contribution in [2.24, 2.45) is 7.05 Å². The molecule has 0 saturated heterocycles. The first-order valence-corrected chi connectivity index (χ1v) is 7.29. The van der Waals surface area contributed by atoms with Crippen LogP contribution in [0.5, 0.6) is 0 Å². The molecule has 1 atom stereocenters. The zero-order valence-corrected chi connectivity index (χ0v) is 13.0. The highest BCUT2D eigenvalue weighted by molar-refractivity contribution is 5.30. The van der Waals surface area contributed by atoms with Crippen molar-refractivity contribution in [3.8, 4) is 0 Å². The standard InChI is InChI=1S/C17H25N3/c1-13-5-6-15(11-14(13)2)12-16(18-3)7-8-17-19-9-10-20(17)4/h5-6,9-11,16,18H,7-8,12H2,1-4H3. The van der Waals surface area contributed by atoms with Gasteiger partial charge in [-0.05, 0) is 50.4 Å². The number of hydrogen-bond acceptors (Lipinski definition) is 2. The molecule has 0 aliphatic carbocycles. The first-order valence-electron chi connectivity index (χ1n) is 7.29. The molecular formula is C17H25N3. The number of imidazole rings is 1. The molecule has 20 heavy (non-hydrogen) atoms. The van der Waals surface area contributed by atoms with Gasteiger partial charge in [-0.3, -0.25) is 0 Å². The van der Waals surface area contributed by atoms with Crippen LogP contribution in [-0.4, -0.2) is 22.6 Å². The van der Waals surface area contributed by atoms with E-state index in [2.05, 4.69) is 54.0 Å². The van der Waals surface area contributed by atoms with E-state index in [1.165, 1.54) is 16.7 Å². The molecule has 1 aromatic heterocycles. The van der Waals surface area contributed by atoms with Crippen molar-refractivity contribution in [3.63, 3.8) is 0 Å². The maximum Gasteiger partial charge on any atom is 0.108 e. The average Bonchev–Trinajstić information content (AvgIpc) is 2.84. The molecule has 1 N–H and O–H groups in total. The maximum atomic E-state index is 4.39. The van der Waals surface area contributed by atoms with Gasteiger partial charge in [-0.25, -0.2) is 4.98 Å². The molecule has 2 rings (SSSR count). The summed E-state index contributed by atoms with van der Waals surface area (Å²) >= 11 is 0. The number of aromatic nitrogens is 2. The SMILES string of the molecule is CNC(CCc1nccn1C)Cc1ccc(C)c(C)c1. The van der Waals surface area contributed by atoms with Crippen molar-refractivity contribution in [1.29, 1.82) is 0 Å². The minimum atomic E-state index is 0.494. The third kappa shape index (κ3) is 3.70. The summed E-state index contributed by atoms with van der Waals surface area (Å²) in [6.07, 6.45) is 7.07. The number of rotatable bonds is 6. The fourth-order valence-corrected chi connectivity index (χ4v) is 2.50. The van der Waals surface area contributed by atoms with Gasteiger partial charge in [-0.1, -0.05) is 18.2 Å². The van der Waals surface area contributed by atoms with E-state index in [4.69, 9.17) is 0 Å². The highest BCUT2D eigenvalue weighted by Gasteiger charge is 2.10. The Hall–Kier alpha value is -1.61. The molecule has 0 aliphatic heterocycles. The summed E-state index contributed by atoms with van der Waals surface area (Å²) in [5.41, 5.74) is 4.15. The highest BCUT2D eigenvalue weighted by atomic mass is 15.0. The quantitative estimate of drug-likeness (QED) is 0.875. The Kier molecular flexibility index (Phi) is 4.96. The zero-order valence-electron chi connectivity index (χ0n) is 13.0. The number of nitrogens with zero attached hydrogens (tertiary/aromatic N) is 2. The number of likely N-dealkylation sites (N-methyl/N-ethyl adjacent to an activating group) is 1. The Morgan fingerprint density at radius 3 is 2.65 bits per heavy atom. The Labute approximate surface area is 122 Å². The van der Waals surface area contributed by atoms with Gasteiger partial charge in [0.25, 0.3) is 0 Å². The lowest BCUT2D eigenvalue weighted by molar-refractivity contribution is 0.510. The number of benzene rings is 1. The van der Waals surface area contributed by atoms with Crippen molar-refractivity contribution in [3.05, 3.63) is 53.1 Å². The van der Waals surface area contributed by atoms with E-state index in [0.717, 1.165) is 25.1 Å². The molecule has 2 aromatic rings. The minimum Gasteiger partial charge on any atom is -0.338 e. The highest BCUT2D eigenvalue weighted by Crippen LogP contribution is 2.13. The first-order chi connectivity index (χ1) is 9.60. The molecule has 0 spiro atoms. The van der Waals surface area contributed by atoms with Gasteiger partial charge in [0.05, 0.1) is 0 Å². The van der Waals surface area contributed by atoms with Gasteiger partial charge in [-0.2, -0.15) is 0 Å². The van der Waals surface area contributed by atoms with E-state index in [9.17, 15) is 0 Å². The number of aryl methyl sites for hydroxylation is 4. The molecule has 3 nitrogen and oxygen atoms in total. The number of nitrogens with one attached hydrogen (secondary N) is 1. The Bertz CT molecular complexity index is 557. The van der Waals surface area contributed by atoms with E-state index in [1.54, 1.807) is 0 Å². The third-order valence-corrected chi connectivity index (χ3v) is 4.10. The summed E-state index contributed by atoms with van der Waals surface area (Å²) in [4.78, 5) is 4.39.